The van der Waals surface area contributed by atoms with Crippen LogP contribution < -0.4 is 5.32 Å². The van der Waals surface area contributed by atoms with Gasteiger partial charge >= 0.3 is 5.97 Å². The van der Waals surface area contributed by atoms with Crippen LogP contribution in [0.4, 0.5) is 4.39 Å². The number of aromatic nitrogens is 1. The maximum Gasteiger partial charge on any atom is 0.328 e. The number of carboxylic acid groups (broad SMARTS) is 1. The highest BCUT2D eigenvalue weighted by Gasteiger charge is 2.40. The molecule has 1 aromatic rings. The number of nitrogens with one attached hydrogen (secondary N) is 1. The molecule has 2 N–H and O–H groups in total. The summed E-state index contributed by atoms with van der Waals surface area (Å²) in [6, 6.07) is 1.42. The Morgan fingerprint density at radius 2 is 2.31 bits per heavy atom. The van der Waals surface area contributed by atoms with Crippen LogP contribution in [0.3, 0.4) is 0 Å². The second-order valence-electron chi connectivity index (χ2n) is 4.24. The first-order valence-corrected chi connectivity index (χ1v) is 5.14. The van der Waals surface area contributed by atoms with E-state index >= 15 is 0 Å². The van der Waals surface area contributed by atoms with Crippen molar-refractivity contribution < 1.29 is 14.3 Å². The van der Waals surface area contributed by atoms with Crippen molar-refractivity contribution in [1.82, 2.24) is 10.3 Å². The van der Waals surface area contributed by atoms with Gasteiger partial charge in [0, 0.05) is 17.8 Å². The second kappa shape index (κ2) is 3.83. The second-order valence-corrected chi connectivity index (χ2v) is 4.24. The molecule has 1 aliphatic rings. The number of rotatable bonds is 4. The Labute approximate surface area is 92.5 Å². The molecule has 1 fully saturated rings. The van der Waals surface area contributed by atoms with Crippen molar-refractivity contribution in [3.05, 3.63) is 29.8 Å². The zero-order chi connectivity index (χ0) is 11.8. The van der Waals surface area contributed by atoms with Gasteiger partial charge in [0.15, 0.2) is 0 Å². The van der Waals surface area contributed by atoms with Crippen LogP contribution in [0.1, 0.15) is 25.3 Å². The highest BCUT2D eigenvalue weighted by Crippen LogP contribution is 2.28. The molecule has 1 unspecified atom stereocenters. The summed E-state index contributed by atoms with van der Waals surface area (Å²) in [6.07, 6.45) is 4.37. The van der Waals surface area contributed by atoms with Crippen LogP contribution in [0.25, 0.3) is 0 Å². The third kappa shape index (κ3) is 2.04. The van der Waals surface area contributed by atoms with E-state index in [4.69, 9.17) is 0 Å². The number of carbonyl (C=O) groups is 1. The van der Waals surface area contributed by atoms with E-state index in [9.17, 15) is 14.3 Å². The van der Waals surface area contributed by atoms with E-state index in [-0.39, 0.29) is 6.04 Å². The largest absolute Gasteiger partial charge is 0.480 e. The molecule has 5 heteroatoms. The Balaban J connectivity index is 2.33. The predicted octanol–water partition coefficient (Wildman–Crippen LogP) is 1.27. The third-order valence-electron chi connectivity index (χ3n) is 2.78. The molecule has 1 saturated carbocycles. The van der Waals surface area contributed by atoms with Crippen molar-refractivity contribution >= 4 is 5.97 Å². The molecule has 86 valence electrons. The van der Waals surface area contributed by atoms with Gasteiger partial charge in [0.2, 0.25) is 0 Å². The topological polar surface area (TPSA) is 62.2 Å². The first kappa shape index (κ1) is 11.0. The number of carboxylic acids is 1. The molecule has 2 rings (SSSR count). The van der Waals surface area contributed by atoms with E-state index in [1.807, 2.05) is 0 Å². The number of nitrogens with zero attached hydrogens (tertiary/aromatic N) is 1. The Bertz CT molecular complexity index is 420. The maximum atomic E-state index is 13.0. The van der Waals surface area contributed by atoms with Crippen LogP contribution in [0.5, 0.6) is 0 Å². The molecule has 0 bridgehead atoms. The van der Waals surface area contributed by atoms with Crippen molar-refractivity contribution in [3.63, 3.8) is 0 Å². The number of pyridine rings is 1. The summed E-state index contributed by atoms with van der Waals surface area (Å²) < 4.78 is 13.0. The van der Waals surface area contributed by atoms with Gasteiger partial charge in [0.25, 0.3) is 0 Å². The predicted molar refractivity (Wildman–Crippen MR) is 55.3 cm³/mol. The van der Waals surface area contributed by atoms with Crippen molar-refractivity contribution in [3.8, 4) is 0 Å². The van der Waals surface area contributed by atoms with E-state index in [0.717, 1.165) is 19.0 Å². The summed E-state index contributed by atoms with van der Waals surface area (Å²) in [4.78, 5) is 15.0. The smallest absolute Gasteiger partial charge is 0.328 e. The molecule has 0 amide bonds. The number of hydrogen-bond donors (Lipinski definition) is 2. The van der Waals surface area contributed by atoms with E-state index in [1.165, 1.54) is 19.2 Å². The number of hydrogen-bond acceptors (Lipinski definition) is 3. The Morgan fingerprint density at radius 3 is 2.81 bits per heavy atom. The van der Waals surface area contributed by atoms with Gasteiger partial charge in [-0.15, -0.1) is 0 Å². The van der Waals surface area contributed by atoms with Crippen LogP contribution in [-0.2, 0) is 10.3 Å². The van der Waals surface area contributed by atoms with Crippen LogP contribution in [0, 0.1) is 5.82 Å². The van der Waals surface area contributed by atoms with Crippen molar-refractivity contribution in [2.45, 2.75) is 31.3 Å². The first-order valence-electron chi connectivity index (χ1n) is 5.14. The minimum absolute atomic E-state index is 0.212. The van der Waals surface area contributed by atoms with Crippen LogP contribution in [0.2, 0.25) is 0 Å². The van der Waals surface area contributed by atoms with Crippen molar-refractivity contribution in [2.24, 2.45) is 0 Å². The van der Waals surface area contributed by atoms with Crippen LogP contribution >= 0.6 is 0 Å². The van der Waals surface area contributed by atoms with Crippen molar-refractivity contribution in [1.29, 1.82) is 0 Å². The molecule has 0 radical (unpaired) electrons. The van der Waals surface area contributed by atoms with Gasteiger partial charge in [0.05, 0.1) is 6.20 Å². The molecule has 1 aromatic heterocycles. The van der Waals surface area contributed by atoms with E-state index in [1.54, 1.807) is 0 Å². The average molecular weight is 224 g/mol. The lowest BCUT2D eigenvalue weighted by atomic mass is 9.93. The fourth-order valence-electron chi connectivity index (χ4n) is 1.59. The Hall–Kier alpha value is -1.49. The molecule has 4 nitrogen and oxygen atoms in total. The van der Waals surface area contributed by atoms with Crippen LogP contribution in [0.15, 0.2) is 18.5 Å². The molecule has 0 saturated heterocycles. The normalized spacial score (nSPS) is 19.1. The van der Waals surface area contributed by atoms with Gasteiger partial charge in [-0.3, -0.25) is 10.3 Å². The molecule has 1 aliphatic carbocycles. The monoisotopic (exact) mass is 224 g/mol. The fourth-order valence-corrected chi connectivity index (χ4v) is 1.59. The lowest BCUT2D eigenvalue weighted by molar-refractivity contribution is -0.144. The fraction of sp³-hybridized carbons (Fsp3) is 0.455. The summed E-state index contributed by atoms with van der Waals surface area (Å²) in [6.45, 7) is 1.53. The Kier molecular flexibility index (Phi) is 2.63. The maximum absolute atomic E-state index is 13.0. The van der Waals surface area contributed by atoms with Gasteiger partial charge in [-0.05, 0) is 25.8 Å². The van der Waals surface area contributed by atoms with Gasteiger partial charge in [0.1, 0.15) is 11.4 Å². The summed E-state index contributed by atoms with van der Waals surface area (Å²) in [5.41, 5.74) is -0.928. The van der Waals surface area contributed by atoms with Gasteiger partial charge in [-0.1, -0.05) is 0 Å². The lowest BCUT2D eigenvalue weighted by Crippen LogP contribution is -2.47. The third-order valence-corrected chi connectivity index (χ3v) is 2.78. The molecule has 0 spiro atoms. The summed E-state index contributed by atoms with van der Waals surface area (Å²) >= 11 is 0. The van der Waals surface area contributed by atoms with Crippen molar-refractivity contribution in [2.75, 3.05) is 0 Å². The highest BCUT2D eigenvalue weighted by atomic mass is 19.1. The summed E-state index contributed by atoms with van der Waals surface area (Å²) in [7, 11) is 0. The number of aliphatic carboxylic acids is 1. The summed E-state index contributed by atoms with van der Waals surface area (Å²) in [5, 5.41) is 12.2. The first-order chi connectivity index (χ1) is 7.52. The highest BCUT2D eigenvalue weighted by molar-refractivity contribution is 5.80. The zero-order valence-electron chi connectivity index (χ0n) is 8.90. The van der Waals surface area contributed by atoms with Crippen LogP contribution in [-0.4, -0.2) is 22.1 Å². The Morgan fingerprint density at radius 1 is 1.62 bits per heavy atom. The van der Waals surface area contributed by atoms with E-state index < -0.39 is 17.3 Å². The molecule has 16 heavy (non-hydrogen) atoms. The van der Waals surface area contributed by atoms with Gasteiger partial charge < -0.3 is 5.11 Å². The SMILES string of the molecule is CC(NC1CC1)(C(=O)O)c1cncc(F)c1. The van der Waals surface area contributed by atoms with Gasteiger partial charge in [-0.25, -0.2) is 9.18 Å². The molecule has 1 heterocycles. The number of halogens is 1. The molecule has 0 aliphatic heterocycles. The average Bonchev–Trinajstić information content (AvgIpc) is 3.01. The molecule has 0 aromatic carbocycles. The van der Waals surface area contributed by atoms with Gasteiger partial charge in [-0.2, -0.15) is 0 Å². The minimum atomic E-state index is -1.27. The molecular weight excluding hydrogens is 211 g/mol. The van der Waals surface area contributed by atoms with E-state index in [2.05, 4.69) is 10.3 Å². The molecular formula is C11H13FN2O2. The minimum Gasteiger partial charge on any atom is -0.480 e. The summed E-state index contributed by atoms with van der Waals surface area (Å²) in [5.74, 6) is -1.55. The quantitative estimate of drug-likeness (QED) is 0.808. The van der Waals surface area contributed by atoms with E-state index in [0.29, 0.717) is 5.56 Å². The standard InChI is InChI=1S/C11H13FN2O2/c1-11(10(15)16,14-9-2-3-9)7-4-8(12)6-13-5-7/h4-6,9,14H,2-3H2,1H3,(H,15,16). The molecule has 1 atom stereocenters. The lowest BCUT2D eigenvalue weighted by Gasteiger charge is -2.26. The zero-order valence-corrected chi connectivity index (χ0v) is 8.90.